The predicted molar refractivity (Wildman–Crippen MR) is 49.4 cm³/mol. The number of hydrogen-bond donors (Lipinski definition) is 4. The number of rotatable bonds is 0. The molecule has 0 saturated carbocycles. The lowest BCUT2D eigenvalue weighted by molar-refractivity contribution is -0.123. The summed E-state index contributed by atoms with van der Waals surface area (Å²) in [5.41, 5.74) is 6.53. The zero-order chi connectivity index (χ0) is 10.3. The Kier molecular flexibility index (Phi) is 1.73. The number of hydrogen-bond acceptors (Lipinski definition) is 6. The van der Waals surface area contributed by atoms with Crippen LogP contribution in [0.5, 0.6) is 5.75 Å². The summed E-state index contributed by atoms with van der Waals surface area (Å²) >= 11 is 0. The highest BCUT2D eigenvalue weighted by molar-refractivity contribution is 5.82. The molecule has 1 aromatic rings. The fraction of sp³-hybridized carbons (Fsp3) is 0. The number of phenolic OH excluding ortho intramolecular Hbond substituents is 1. The maximum Gasteiger partial charge on any atom is 0.144 e. The molecule has 0 aromatic heterocycles. The SMILES string of the molecule is Nc1ccc(O)c2c1C=CN(O)N2O. The molecule has 5 N–H and O–H groups in total. The lowest BCUT2D eigenvalue weighted by Gasteiger charge is -2.29. The van der Waals surface area contributed by atoms with E-state index in [1.807, 2.05) is 0 Å². The van der Waals surface area contributed by atoms with Gasteiger partial charge in [-0.3, -0.25) is 10.4 Å². The van der Waals surface area contributed by atoms with Gasteiger partial charge in [-0.2, -0.15) is 0 Å². The van der Waals surface area contributed by atoms with Gasteiger partial charge in [-0.25, -0.2) is 0 Å². The number of nitrogens with two attached hydrogens (primary N) is 1. The third kappa shape index (κ3) is 1.05. The van der Waals surface area contributed by atoms with Crippen LogP contribution in [-0.2, 0) is 0 Å². The van der Waals surface area contributed by atoms with Crippen LogP contribution in [0.25, 0.3) is 6.08 Å². The molecule has 0 amide bonds. The van der Waals surface area contributed by atoms with Crippen molar-refractivity contribution in [3.05, 3.63) is 23.9 Å². The highest BCUT2D eigenvalue weighted by Crippen LogP contribution is 2.37. The Labute approximate surface area is 79.6 Å². The Morgan fingerprint density at radius 1 is 1.21 bits per heavy atom. The van der Waals surface area contributed by atoms with Gasteiger partial charge in [0, 0.05) is 11.3 Å². The molecule has 0 saturated heterocycles. The van der Waals surface area contributed by atoms with E-state index < -0.39 is 0 Å². The molecule has 1 aliphatic heterocycles. The zero-order valence-corrected chi connectivity index (χ0v) is 7.12. The number of fused-ring (bicyclic) bond motifs is 1. The van der Waals surface area contributed by atoms with Gasteiger partial charge in [-0.1, -0.05) is 0 Å². The standard InChI is InChI=1S/C8H9N3O3/c9-6-1-2-7(12)8-5(6)3-4-10(13)11(8)14/h1-4,12-14H,9H2. The van der Waals surface area contributed by atoms with Crippen molar-refractivity contribution in [2.45, 2.75) is 0 Å². The minimum Gasteiger partial charge on any atom is -0.506 e. The van der Waals surface area contributed by atoms with E-state index >= 15 is 0 Å². The monoisotopic (exact) mass is 195 g/mol. The van der Waals surface area contributed by atoms with Crippen molar-refractivity contribution >= 4 is 17.5 Å². The summed E-state index contributed by atoms with van der Waals surface area (Å²) in [6, 6.07) is 2.85. The van der Waals surface area contributed by atoms with Crippen molar-refractivity contribution in [1.82, 2.24) is 5.17 Å². The predicted octanol–water partition coefficient (Wildman–Crippen LogP) is 0.760. The molecule has 0 atom stereocenters. The van der Waals surface area contributed by atoms with E-state index in [0.717, 1.165) is 0 Å². The highest BCUT2D eigenvalue weighted by atomic mass is 16.7. The molecule has 1 aromatic carbocycles. The summed E-state index contributed by atoms with van der Waals surface area (Å²) in [6.07, 6.45) is 2.69. The van der Waals surface area contributed by atoms with Gasteiger partial charge in [-0.15, -0.1) is 10.3 Å². The number of nitrogen functional groups attached to an aromatic ring is 1. The van der Waals surface area contributed by atoms with Crippen LogP contribution in [0, 0.1) is 0 Å². The van der Waals surface area contributed by atoms with Crippen LogP contribution < -0.4 is 10.9 Å². The minimum atomic E-state index is -0.167. The van der Waals surface area contributed by atoms with E-state index in [2.05, 4.69) is 0 Å². The number of hydroxylamine groups is 1. The maximum atomic E-state index is 9.44. The second kappa shape index (κ2) is 2.79. The van der Waals surface area contributed by atoms with E-state index in [4.69, 9.17) is 10.9 Å². The first-order valence-corrected chi connectivity index (χ1v) is 3.88. The Morgan fingerprint density at radius 3 is 2.64 bits per heavy atom. The molecular formula is C8H9N3O3. The number of benzene rings is 1. The first-order valence-electron chi connectivity index (χ1n) is 3.88. The van der Waals surface area contributed by atoms with Gasteiger partial charge < -0.3 is 10.8 Å². The van der Waals surface area contributed by atoms with Gasteiger partial charge in [0.15, 0.2) is 0 Å². The van der Waals surface area contributed by atoms with Gasteiger partial charge in [0.2, 0.25) is 0 Å². The Hall–Kier alpha value is -1.92. The largest absolute Gasteiger partial charge is 0.506 e. The molecule has 0 bridgehead atoms. The molecule has 6 nitrogen and oxygen atoms in total. The number of anilines is 2. The quantitative estimate of drug-likeness (QED) is 0.361. The third-order valence-corrected chi connectivity index (χ3v) is 2.00. The van der Waals surface area contributed by atoms with Crippen LogP contribution >= 0.6 is 0 Å². The number of nitrogens with zero attached hydrogens (tertiary/aromatic N) is 2. The lowest BCUT2D eigenvalue weighted by Crippen LogP contribution is -2.35. The second-order valence-corrected chi connectivity index (χ2v) is 2.86. The Morgan fingerprint density at radius 2 is 1.93 bits per heavy atom. The van der Waals surface area contributed by atoms with E-state index in [-0.39, 0.29) is 11.4 Å². The van der Waals surface area contributed by atoms with Crippen molar-refractivity contribution in [3.8, 4) is 5.75 Å². The fourth-order valence-corrected chi connectivity index (χ4v) is 1.30. The van der Waals surface area contributed by atoms with E-state index in [1.165, 1.54) is 24.4 Å². The number of hydrazine groups is 1. The molecule has 74 valence electrons. The average Bonchev–Trinajstić information content (AvgIpc) is 2.16. The first-order chi connectivity index (χ1) is 6.61. The van der Waals surface area contributed by atoms with Crippen LogP contribution in [0.1, 0.15) is 5.56 Å². The van der Waals surface area contributed by atoms with Crippen molar-refractivity contribution in [2.75, 3.05) is 10.9 Å². The van der Waals surface area contributed by atoms with Crippen molar-refractivity contribution in [2.24, 2.45) is 0 Å². The summed E-state index contributed by atoms with van der Waals surface area (Å²) in [7, 11) is 0. The first kappa shape index (κ1) is 8.67. The molecule has 0 spiro atoms. The molecule has 14 heavy (non-hydrogen) atoms. The summed E-state index contributed by atoms with van der Waals surface area (Å²) in [5.74, 6) is -0.167. The van der Waals surface area contributed by atoms with Crippen molar-refractivity contribution in [1.29, 1.82) is 0 Å². The van der Waals surface area contributed by atoms with Gasteiger partial charge in [0.05, 0.1) is 6.20 Å². The van der Waals surface area contributed by atoms with E-state index in [0.29, 0.717) is 21.6 Å². The molecule has 1 heterocycles. The molecule has 0 unspecified atom stereocenters. The van der Waals surface area contributed by atoms with E-state index in [1.54, 1.807) is 0 Å². The molecule has 0 fully saturated rings. The van der Waals surface area contributed by atoms with Crippen LogP contribution in [-0.4, -0.2) is 20.7 Å². The van der Waals surface area contributed by atoms with Gasteiger partial charge in [-0.05, 0) is 18.2 Å². The van der Waals surface area contributed by atoms with Crippen LogP contribution in [0.3, 0.4) is 0 Å². The lowest BCUT2D eigenvalue weighted by atomic mass is 10.1. The average molecular weight is 195 g/mol. The molecule has 2 rings (SSSR count). The fourth-order valence-electron chi connectivity index (χ4n) is 1.30. The second-order valence-electron chi connectivity index (χ2n) is 2.86. The molecular weight excluding hydrogens is 186 g/mol. The summed E-state index contributed by atoms with van der Waals surface area (Å²) < 4.78 is 0. The Bertz CT molecular complexity index is 405. The molecule has 1 aliphatic rings. The van der Waals surface area contributed by atoms with Crippen LogP contribution in [0.4, 0.5) is 11.4 Å². The number of phenols is 1. The van der Waals surface area contributed by atoms with Crippen LogP contribution in [0.15, 0.2) is 18.3 Å². The molecule has 0 radical (unpaired) electrons. The normalized spacial score (nSPS) is 14.4. The summed E-state index contributed by atoms with van der Waals surface area (Å²) in [4.78, 5) is 0. The highest BCUT2D eigenvalue weighted by Gasteiger charge is 2.22. The van der Waals surface area contributed by atoms with Gasteiger partial charge in [0.25, 0.3) is 0 Å². The van der Waals surface area contributed by atoms with Crippen LogP contribution in [0.2, 0.25) is 0 Å². The summed E-state index contributed by atoms with van der Waals surface area (Å²) in [6.45, 7) is 0. The maximum absolute atomic E-state index is 9.44. The zero-order valence-electron chi connectivity index (χ0n) is 7.12. The van der Waals surface area contributed by atoms with Gasteiger partial charge in [0.1, 0.15) is 11.4 Å². The number of aromatic hydroxyl groups is 1. The molecule has 6 heteroatoms. The van der Waals surface area contributed by atoms with E-state index in [9.17, 15) is 10.3 Å². The van der Waals surface area contributed by atoms with Gasteiger partial charge >= 0.3 is 0 Å². The Balaban J connectivity index is 2.67. The molecule has 0 aliphatic carbocycles. The van der Waals surface area contributed by atoms with Crippen molar-refractivity contribution in [3.63, 3.8) is 0 Å². The third-order valence-electron chi connectivity index (χ3n) is 2.00. The minimum absolute atomic E-state index is 0.0509. The van der Waals surface area contributed by atoms with Crippen molar-refractivity contribution < 1.29 is 15.5 Å². The summed E-state index contributed by atoms with van der Waals surface area (Å²) in [5, 5.41) is 28.8. The smallest absolute Gasteiger partial charge is 0.144 e. The topological polar surface area (TPSA) is 93.2 Å².